The number of amides is 1. The minimum absolute atomic E-state index is 0.115. The molecular weight excluding hydrogens is 402 g/mol. The number of methoxy groups -OCH3 is 1. The molecular formula is C26H33N3O3. The number of hydrogen-bond acceptors (Lipinski definition) is 5. The average Bonchev–Trinajstić information content (AvgIpc) is 2.79. The van der Waals surface area contributed by atoms with Gasteiger partial charge in [0.1, 0.15) is 0 Å². The van der Waals surface area contributed by atoms with Gasteiger partial charge in [-0.05, 0) is 68.2 Å². The van der Waals surface area contributed by atoms with Crippen LogP contribution in [0.1, 0.15) is 59.5 Å². The highest BCUT2D eigenvalue weighted by Gasteiger charge is 2.35. The molecule has 4 rings (SSSR count). The topological polar surface area (TPSA) is 71.5 Å². The standard InChI is InChI=1S/C26H33N3O3/c1-18-4-3-5-22(12-18)26(31)28-15-24(30)13-19-16-29(17-19)23-8-6-20(7-9-23)21-10-11-27-25(14-21)32-2/h3-5,10-12,14,19-20,23H,6-9,13,15-17H2,1-2H3,(H,28,31). The second-order valence-electron chi connectivity index (χ2n) is 9.25. The van der Waals surface area contributed by atoms with Gasteiger partial charge in [-0.3, -0.25) is 14.5 Å². The fourth-order valence-electron chi connectivity index (χ4n) is 5.06. The molecule has 1 aliphatic heterocycles. The van der Waals surface area contributed by atoms with Crippen molar-refractivity contribution < 1.29 is 14.3 Å². The van der Waals surface area contributed by atoms with Gasteiger partial charge in [0.05, 0.1) is 13.7 Å². The molecule has 0 bridgehead atoms. The molecule has 2 aliphatic rings. The van der Waals surface area contributed by atoms with E-state index in [1.165, 1.54) is 31.2 Å². The van der Waals surface area contributed by atoms with Gasteiger partial charge in [-0.1, -0.05) is 17.7 Å². The van der Waals surface area contributed by atoms with Crippen molar-refractivity contribution >= 4 is 11.7 Å². The third kappa shape index (κ3) is 5.54. The lowest BCUT2D eigenvalue weighted by molar-refractivity contribution is -0.120. The van der Waals surface area contributed by atoms with Gasteiger partial charge in [-0.2, -0.15) is 0 Å². The third-order valence-corrected chi connectivity index (χ3v) is 6.88. The number of ether oxygens (including phenoxy) is 1. The monoisotopic (exact) mass is 435 g/mol. The number of likely N-dealkylation sites (tertiary alicyclic amines) is 1. The molecule has 1 N–H and O–H groups in total. The Kier molecular flexibility index (Phi) is 7.20. The molecule has 6 nitrogen and oxygen atoms in total. The lowest BCUT2D eigenvalue weighted by Crippen LogP contribution is -2.53. The van der Waals surface area contributed by atoms with Crippen molar-refractivity contribution in [2.45, 2.75) is 51.0 Å². The van der Waals surface area contributed by atoms with Crippen molar-refractivity contribution in [3.05, 3.63) is 59.3 Å². The molecule has 0 atom stereocenters. The first kappa shape index (κ1) is 22.5. The first-order valence-corrected chi connectivity index (χ1v) is 11.6. The first-order valence-electron chi connectivity index (χ1n) is 11.6. The van der Waals surface area contributed by atoms with E-state index in [0.29, 0.717) is 35.7 Å². The van der Waals surface area contributed by atoms with Gasteiger partial charge in [-0.25, -0.2) is 4.98 Å². The lowest BCUT2D eigenvalue weighted by atomic mass is 9.79. The summed E-state index contributed by atoms with van der Waals surface area (Å²) in [5, 5.41) is 2.77. The van der Waals surface area contributed by atoms with Crippen LogP contribution >= 0.6 is 0 Å². The Labute approximate surface area is 190 Å². The lowest BCUT2D eigenvalue weighted by Gasteiger charge is -2.46. The Balaban J connectivity index is 1.15. The van der Waals surface area contributed by atoms with Crippen LogP contribution in [0.25, 0.3) is 0 Å². The summed E-state index contributed by atoms with van der Waals surface area (Å²) in [6.45, 7) is 4.06. The second-order valence-corrected chi connectivity index (χ2v) is 9.25. The number of benzene rings is 1. The van der Waals surface area contributed by atoms with Crippen LogP contribution in [-0.2, 0) is 4.79 Å². The molecule has 6 heteroatoms. The summed E-state index contributed by atoms with van der Waals surface area (Å²) in [4.78, 5) is 31.3. The Bertz CT molecular complexity index is 947. The van der Waals surface area contributed by atoms with Crippen molar-refractivity contribution in [1.29, 1.82) is 0 Å². The summed E-state index contributed by atoms with van der Waals surface area (Å²) in [7, 11) is 1.66. The number of nitrogens with one attached hydrogen (secondary N) is 1. The maximum absolute atomic E-state index is 12.3. The van der Waals surface area contributed by atoms with E-state index < -0.39 is 0 Å². The van der Waals surface area contributed by atoms with Crippen LogP contribution in [-0.4, -0.2) is 54.4 Å². The van der Waals surface area contributed by atoms with Gasteiger partial charge in [0.2, 0.25) is 5.88 Å². The van der Waals surface area contributed by atoms with E-state index >= 15 is 0 Å². The minimum Gasteiger partial charge on any atom is -0.481 e. The van der Waals surface area contributed by atoms with Crippen LogP contribution in [0.4, 0.5) is 0 Å². The number of carbonyl (C=O) groups excluding carboxylic acids is 2. The van der Waals surface area contributed by atoms with Gasteiger partial charge >= 0.3 is 0 Å². The fourth-order valence-corrected chi connectivity index (χ4v) is 5.06. The number of Topliss-reactive ketones (excluding diaryl/α,β-unsaturated/α-hetero) is 1. The molecule has 2 heterocycles. The summed E-state index contributed by atoms with van der Waals surface area (Å²) >= 11 is 0. The van der Waals surface area contributed by atoms with Crippen LogP contribution in [0.5, 0.6) is 5.88 Å². The molecule has 0 spiro atoms. The van der Waals surface area contributed by atoms with E-state index in [1.807, 2.05) is 31.3 Å². The van der Waals surface area contributed by atoms with Gasteiger partial charge in [0, 0.05) is 43.4 Å². The van der Waals surface area contributed by atoms with E-state index in [1.54, 1.807) is 13.2 Å². The third-order valence-electron chi connectivity index (χ3n) is 6.88. The smallest absolute Gasteiger partial charge is 0.251 e. The van der Waals surface area contributed by atoms with E-state index in [9.17, 15) is 9.59 Å². The number of aromatic nitrogens is 1. The quantitative estimate of drug-likeness (QED) is 0.684. The largest absolute Gasteiger partial charge is 0.481 e. The molecule has 0 radical (unpaired) electrons. The Morgan fingerprint density at radius 3 is 2.62 bits per heavy atom. The van der Waals surface area contributed by atoms with Gasteiger partial charge in [-0.15, -0.1) is 0 Å². The zero-order valence-electron chi connectivity index (χ0n) is 19.0. The highest BCUT2D eigenvalue weighted by molar-refractivity contribution is 5.96. The molecule has 1 saturated heterocycles. The van der Waals surface area contributed by atoms with E-state index in [2.05, 4.69) is 27.3 Å². The number of ketones is 1. The van der Waals surface area contributed by atoms with Gasteiger partial charge in [0.15, 0.2) is 5.78 Å². The summed E-state index contributed by atoms with van der Waals surface area (Å²) in [5.41, 5.74) is 2.97. The molecule has 1 aliphatic carbocycles. The second kappa shape index (κ2) is 10.3. The van der Waals surface area contributed by atoms with E-state index in [4.69, 9.17) is 4.74 Å². The predicted molar refractivity (Wildman–Crippen MR) is 124 cm³/mol. The Morgan fingerprint density at radius 2 is 1.91 bits per heavy atom. The average molecular weight is 436 g/mol. The van der Waals surface area contributed by atoms with E-state index in [-0.39, 0.29) is 18.2 Å². The summed E-state index contributed by atoms with van der Waals surface area (Å²) < 4.78 is 5.26. The minimum atomic E-state index is -0.180. The maximum atomic E-state index is 12.3. The van der Waals surface area contributed by atoms with Crippen molar-refractivity contribution in [3.63, 3.8) is 0 Å². The molecule has 0 unspecified atom stereocenters. The Morgan fingerprint density at radius 1 is 1.12 bits per heavy atom. The number of hydrogen-bond donors (Lipinski definition) is 1. The number of aryl methyl sites for hydroxylation is 1. The number of pyridine rings is 1. The number of carbonyl (C=O) groups is 2. The van der Waals surface area contributed by atoms with Gasteiger partial charge < -0.3 is 10.1 Å². The van der Waals surface area contributed by atoms with Crippen LogP contribution in [0.2, 0.25) is 0 Å². The zero-order valence-corrected chi connectivity index (χ0v) is 19.0. The van der Waals surface area contributed by atoms with Crippen molar-refractivity contribution in [1.82, 2.24) is 15.2 Å². The predicted octanol–water partition coefficient (Wildman–Crippen LogP) is 3.75. The molecule has 1 amide bonds. The highest BCUT2D eigenvalue weighted by atomic mass is 16.5. The molecule has 2 fully saturated rings. The van der Waals surface area contributed by atoms with Crippen molar-refractivity contribution in [2.24, 2.45) is 5.92 Å². The molecule has 170 valence electrons. The highest BCUT2D eigenvalue weighted by Crippen LogP contribution is 2.37. The SMILES string of the molecule is COc1cc(C2CCC(N3CC(CC(=O)CNC(=O)c4cccc(C)c4)C3)CC2)ccn1. The van der Waals surface area contributed by atoms with Crippen LogP contribution in [0.15, 0.2) is 42.6 Å². The molecule has 32 heavy (non-hydrogen) atoms. The number of nitrogens with zero attached hydrogens (tertiary/aromatic N) is 2. The molecule has 1 aromatic carbocycles. The van der Waals surface area contributed by atoms with Crippen LogP contribution in [0.3, 0.4) is 0 Å². The molecule has 1 aromatic heterocycles. The molecule has 2 aromatic rings. The van der Waals surface area contributed by atoms with Gasteiger partial charge in [0.25, 0.3) is 5.91 Å². The number of rotatable bonds is 8. The van der Waals surface area contributed by atoms with Crippen molar-refractivity contribution in [3.8, 4) is 5.88 Å². The Hall–Kier alpha value is -2.73. The van der Waals surface area contributed by atoms with Crippen LogP contribution in [0, 0.1) is 12.8 Å². The van der Waals surface area contributed by atoms with Crippen molar-refractivity contribution in [2.75, 3.05) is 26.7 Å². The van der Waals surface area contributed by atoms with Crippen LogP contribution < -0.4 is 10.1 Å². The van der Waals surface area contributed by atoms with E-state index in [0.717, 1.165) is 18.7 Å². The zero-order chi connectivity index (χ0) is 22.5. The summed E-state index contributed by atoms with van der Waals surface area (Å²) in [6, 6.07) is 12.2. The fraction of sp³-hybridized carbons (Fsp3) is 0.500. The summed E-state index contributed by atoms with van der Waals surface area (Å²) in [6.07, 6.45) is 7.15. The normalized spacial score (nSPS) is 21.6. The first-order chi connectivity index (χ1) is 15.5. The maximum Gasteiger partial charge on any atom is 0.251 e. The molecule has 1 saturated carbocycles. The summed E-state index contributed by atoms with van der Waals surface area (Å²) in [5.74, 6) is 1.63.